The normalized spacial score (nSPS) is 21.8. The molecule has 0 aliphatic heterocycles. The standard InChI is InChI=1S/C15H19BrN2O/c16-12-3-1-11-8-14(4-2-10(11)7-12)17-9-15(19)18-13-5-6-13/h1,3,7,13-14,17H,2,4-6,8-9H2,(H,18,19). The van der Waals surface area contributed by atoms with Gasteiger partial charge in [-0.2, -0.15) is 0 Å². The van der Waals surface area contributed by atoms with Gasteiger partial charge in [0.25, 0.3) is 0 Å². The number of hydrogen-bond donors (Lipinski definition) is 2. The Labute approximate surface area is 122 Å². The zero-order valence-corrected chi connectivity index (χ0v) is 12.5. The average molecular weight is 323 g/mol. The average Bonchev–Trinajstić information content (AvgIpc) is 3.20. The monoisotopic (exact) mass is 322 g/mol. The molecule has 2 aliphatic carbocycles. The Balaban J connectivity index is 1.50. The summed E-state index contributed by atoms with van der Waals surface area (Å²) in [6.45, 7) is 0.451. The van der Waals surface area contributed by atoms with Crippen molar-refractivity contribution in [3.63, 3.8) is 0 Å². The molecule has 1 aromatic rings. The van der Waals surface area contributed by atoms with Gasteiger partial charge in [0, 0.05) is 16.6 Å². The molecule has 1 unspecified atom stereocenters. The number of benzene rings is 1. The minimum absolute atomic E-state index is 0.143. The SMILES string of the molecule is O=C(CNC1CCc2cc(Br)ccc2C1)NC1CC1. The van der Waals surface area contributed by atoms with Crippen molar-refractivity contribution in [2.75, 3.05) is 6.54 Å². The first-order chi connectivity index (χ1) is 9.20. The number of fused-ring (bicyclic) bond motifs is 1. The molecule has 0 bridgehead atoms. The second-order valence-electron chi connectivity index (χ2n) is 5.58. The predicted molar refractivity (Wildman–Crippen MR) is 79.1 cm³/mol. The van der Waals surface area contributed by atoms with Gasteiger partial charge in [-0.3, -0.25) is 4.79 Å². The minimum Gasteiger partial charge on any atom is -0.352 e. The number of halogens is 1. The van der Waals surface area contributed by atoms with Crippen molar-refractivity contribution in [3.8, 4) is 0 Å². The Morgan fingerprint density at radius 2 is 2.05 bits per heavy atom. The van der Waals surface area contributed by atoms with Gasteiger partial charge in [-0.05, 0) is 55.4 Å². The maximum atomic E-state index is 11.6. The van der Waals surface area contributed by atoms with E-state index in [0.29, 0.717) is 18.6 Å². The van der Waals surface area contributed by atoms with E-state index in [0.717, 1.165) is 36.6 Å². The van der Waals surface area contributed by atoms with Crippen LogP contribution in [0.2, 0.25) is 0 Å². The van der Waals surface area contributed by atoms with E-state index in [9.17, 15) is 4.79 Å². The van der Waals surface area contributed by atoms with Crippen molar-refractivity contribution >= 4 is 21.8 Å². The van der Waals surface area contributed by atoms with Crippen LogP contribution >= 0.6 is 15.9 Å². The largest absolute Gasteiger partial charge is 0.352 e. The molecular weight excluding hydrogens is 304 g/mol. The van der Waals surface area contributed by atoms with Crippen LogP contribution in [0.1, 0.15) is 30.4 Å². The van der Waals surface area contributed by atoms with E-state index in [1.54, 1.807) is 0 Å². The van der Waals surface area contributed by atoms with Gasteiger partial charge in [0.05, 0.1) is 6.54 Å². The van der Waals surface area contributed by atoms with Crippen LogP contribution in [0.4, 0.5) is 0 Å². The summed E-state index contributed by atoms with van der Waals surface area (Å²) >= 11 is 3.52. The second kappa shape index (κ2) is 5.63. The number of carbonyl (C=O) groups is 1. The molecule has 19 heavy (non-hydrogen) atoms. The molecule has 0 aromatic heterocycles. The number of rotatable bonds is 4. The molecule has 102 valence electrons. The summed E-state index contributed by atoms with van der Waals surface area (Å²) in [6, 6.07) is 7.39. The molecule has 4 heteroatoms. The fourth-order valence-electron chi connectivity index (χ4n) is 2.64. The van der Waals surface area contributed by atoms with E-state index in [2.05, 4.69) is 44.8 Å². The van der Waals surface area contributed by atoms with Crippen LogP contribution in [0.15, 0.2) is 22.7 Å². The first kappa shape index (κ1) is 13.1. The summed E-state index contributed by atoms with van der Waals surface area (Å²) in [5.74, 6) is 0.143. The molecule has 0 saturated heterocycles. The van der Waals surface area contributed by atoms with Crippen molar-refractivity contribution in [2.45, 2.75) is 44.2 Å². The second-order valence-corrected chi connectivity index (χ2v) is 6.49. The maximum absolute atomic E-state index is 11.6. The summed E-state index contributed by atoms with van der Waals surface area (Å²) in [6.07, 6.45) is 5.53. The van der Waals surface area contributed by atoms with E-state index in [1.165, 1.54) is 11.1 Å². The lowest BCUT2D eigenvalue weighted by atomic mass is 9.88. The molecule has 3 rings (SSSR count). The number of aryl methyl sites for hydroxylation is 1. The van der Waals surface area contributed by atoms with Crippen LogP contribution in [-0.4, -0.2) is 24.5 Å². The van der Waals surface area contributed by atoms with Crippen molar-refractivity contribution in [1.82, 2.24) is 10.6 Å². The van der Waals surface area contributed by atoms with Gasteiger partial charge >= 0.3 is 0 Å². The highest BCUT2D eigenvalue weighted by Gasteiger charge is 2.24. The quantitative estimate of drug-likeness (QED) is 0.892. The van der Waals surface area contributed by atoms with Gasteiger partial charge in [-0.15, -0.1) is 0 Å². The summed E-state index contributed by atoms with van der Waals surface area (Å²) in [7, 11) is 0. The van der Waals surface area contributed by atoms with Crippen LogP contribution in [0, 0.1) is 0 Å². The highest BCUT2D eigenvalue weighted by Crippen LogP contribution is 2.24. The van der Waals surface area contributed by atoms with Crippen LogP contribution < -0.4 is 10.6 Å². The van der Waals surface area contributed by atoms with E-state index in [1.807, 2.05) is 0 Å². The Hall–Kier alpha value is -0.870. The Morgan fingerprint density at radius 1 is 1.21 bits per heavy atom. The highest BCUT2D eigenvalue weighted by atomic mass is 79.9. The molecule has 2 aliphatic rings. The van der Waals surface area contributed by atoms with Crippen molar-refractivity contribution in [2.24, 2.45) is 0 Å². The third-order valence-electron chi connectivity index (χ3n) is 3.89. The molecule has 1 atom stereocenters. The minimum atomic E-state index is 0.143. The first-order valence-electron chi connectivity index (χ1n) is 7.01. The Morgan fingerprint density at radius 3 is 2.84 bits per heavy atom. The van der Waals surface area contributed by atoms with Crippen LogP contribution in [0.25, 0.3) is 0 Å². The molecule has 1 amide bonds. The fourth-order valence-corrected chi connectivity index (χ4v) is 3.05. The Bertz CT molecular complexity index is 485. The van der Waals surface area contributed by atoms with E-state index >= 15 is 0 Å². The summed E-state index contributed by atoms with van der Waals surface area (Å²) in [4.78, 5) is 11.6. The van der Waals surface area contributed by atoms with Gasteiger partial charge < -0.3 is 10.6 Å². The number of amides is 1. The zero-order chi connectivity index (χ0) is 13.2. The third-order valence-corrected chi connectivity index (χ3v) is 4.38. The van der Waals surface area contributed by atoms with Crippen molar-refractivity contribution in [3.05, 3.63) is 33.8 Å². The molecule has 1 saturated carbocycles. The molecule has 2 N–H and O–H groups in total. The number of nitrogens with one attached hydrogen (secondary N) is 2. The third kappa shape index (κ3) is 3.57. The molecular formula is C15H19BrN2O. The lowest BCUT2D eigenvalue weighted by Crippen LogP contribution is -2.42. The zero-order valence-electron chi connectivity index (χ0n) is 10.9. The number of carbonyl (C=O) groups excluding carboxylic acids is 1. The molecule has 1 aromatic carbocycles. The lowest BCUT2D eigenvalue weighted by molar-refractivity contribution is -0.120. The fraction of sp³-hybridized carbons (Fsp3) is 0.533. The number of hydrogen-bond acceptors (Lipinski definition) is 2. The highest BCUT2D eigenvalue weighted by molar-refractivity contribution is 9.10. The van der Waals surface area contributed by atoms with Crippen LogP contribution in [0.3, 0.4) is 0 Å². The van der Waals surface area contributed by atoms with Crippen molar-refractivity contribution in [1.29, 1.82) is 0 Å². The van der Waals surface area contributed by atoms with Gasteiger partial charge in [0.15, 0.2) is 0 Å². The van der Waals surface area contributed by atoms with Gasteiger partial charge in [0.1, 0.15) is 0 Å². The van der Waals surface area contributed by atoms with Crippen LogP contribution in [-0.2, 0) is 17.6 Å². The summed E-state index contributed by atoms with van der Waals surface area (Å²) in [5, 5.41) is 6.40. The predicted octanol–water partition coefficient (Wildman–Crippen LogP) is 2.17. The topological polar surface area (TPSA) is 41.1 Å². The molecule has 0 radical (unpaired) electrons. The smallest absolute Gasteiger partial charge is 0.234 e. The lowest BCUT2D eigenvalue weighted by Gasteiger charge is -2.25. The molecule has 0 heterocycles. The van der Waals surface area contributed by atoms with E-state index < -0.39 is 0 Å². The summed E-state index contributed by atoms with van der Waals surface area (Å²) in [5.41, 5.74) is 2.85. The van der Waals surface area contributed by atoms with Gasteiger partial charge in [-0.1, -0.05) is 22.0 Å². The van der Waals surface area contributed by atoms with E-state index in [4.69, 9.17) is 0 Å². The van der Waals surface area contributed by atoms with Gasteiger partial charge in [0.2, 0.25) is 5.91 Å². The van der Waals surface area contributed by atoms with E-state index in [-0.39, 0.29) is 5.91 Å². The first-order valence-corrected chi connectivity index (χ1v) is 7.80. The van der Waals surface area contributed by atoms with Crippen LogP contribution in [0.5, 0.6) is 0 Å². The Kier molecular flexibility index (Phi) is 3.89. The molecule has 1 fully saturated rings. The molecule has 3 nitrogen and oxygen atoms in total. The van der Waals surface area contributed by atoms with Crippen molar-refractivity contribution < 1.29 is 4.79 Å². The summed E-state index contributed by atoms with van der Waals surface area (Å²) < 4.78 is 1.15. The van der Waals surface area contributed by atoms with Gasteiger partial charge in [-0.25, -0.2) is 0 Å². The molecule has 0 spiro atoms. The maximum Gasteiger partial charge on any atom is 0.234 e.